The van der Waals surface area contributed by atoms with Crippen molar-refractivity contribution >= 4 is 27.5 Å². The van der Waals surface area contributed by atoms with Crippen LogP contribution in [-0.4, -0.2) is 27.4 Å². The zero-order chi connectivity index (χ0) is 15.1. The van der Waals surface area contributed by atoms with Gasteiger partial charge in [-0.1, -0.05) is 27.2 Å². The first-order valence-corrected chi connectivity index (χ1v) is 7.61. The van der Waals surface area contributed by atoms with Crippen LogP contribution < -0.4 is 11.1 Å². The lowest BCUT2D eigenvalue weighted by molar-refractivity contribution is -0.116. The first-order valence-electron chi connectivity index (χ1n) is 6.82. The van der Waals surface area contributed by atoms with Gasteiger partial charge in [0.1, 0.15) is 6.54 Å². The highest BCUT2D eigenvalue weighted by molar-refractivity contribution is 9.10. The fraction of sp³-hybridized carbons (Fsp3) is 0.357. The maximum Gasteiger partial charge on any atom is 0.246 e. The van der Waals surface area contributed by atoms with E-state index in [4.69, 9.17) is 5.73 Å². The van der Waals surface area contributed by atoms with Crippen LogP contribution in [0.3, 0.4) is 0 Å². The van der Waals surface area contributed by atoms with Crippen molar-refractivity contribution in [2.24, 2.45) is 5.73 Å². The lowest BCUT2D eigenvalue weighted by Crippen LogP contribution is -2.19. The summed E-state index contributed by atoms with van der Waals surface area (Å²) < 4.78 is 2.47. The molecule has 1 aromatic carbocycles. The number of amides is 1. The molecule has 0 saturated carbocycles. The molecule has 0 saturated heterocycles. The average molecular weight is 352 g/mol. The SMILES string of the molecule is NCCCCc1cn(CC(=O)Nc2cccc(Br)c2)nn1. The summed E-state index contributed by atoms with van der Waals surface area (Å²) in [4.78, 5) is 11.9. The molecular weight excluding hydrogens is 334 g/mol. The predicted molar refractivity (Wildman–Crippen MR) is 84.8 cm³/mol. The van der Waals surface area contributed by atoms with E-state index in [-0.39, 0.29) is 12.5 Å². The van der Waals surface area contributed by atoms with Crippen LogP contribution in [-0.2, 0) is 17.8 Å². The second-order valence-electron chi connectivity index (χ2n) is 4.71. The molecular formula is C14H18BrN5O. The van der Waals surface area contributed by atoms with Gasteiger partial charge in [-0.25, -0.2) is 4.68 Å². The summed E-state index contributed by atoms with van der Waals surface area (Å²) in [5.74, 6) is -0.133. The highest BCUT2D eigenvalue weighted by Gasteiger charge is 2.06. The minimum atomic E-state index is -0.133. The van der Waals surface area contributed by atoms with Crippen LogP contribution in [0.25, 0.3) is 0 Å². The van der Waals surface area contributed by atoms with Crippen molar-refractivity contribution in [3.8, 4) is 0 Å². The second-order valence-corrected chi connectivity index (χ2v) is 5.63. The molecule has 0 aliphatic carbocycles. The normalized spacial score (nSPS) is 10.6. The van der Waals surface area contributed by atoms with Crippen molar-refractivity contribution < 1.29 is 4.79 Å². The lowest BCUT2D eigenvalue weighted by atomic mass is 10.2. The molecule has 21 heavy (non-hydrogen) atoms. The number of anilines is 1. The second kappa shape index (κ2) is 7.90. The number of aromatic nitrogens is 3. The highest BCUT2D eigenvalue weighted by atomic mass is 79.9. The van der Waals surface area contributed by atoms with Crippen LogP contribution in [0.4, 0.5) is 5.69 Å². The fourth-order valence-electron chi connectivity index (χ4n) is 1.89. The zero-order valence-corrected chi connectivity index (χ0v) is 13.2. The predicted octanol–water partition coefficient (Wildman–Crippen LogP) is 1.96. The summed E-state index contributed by atoms with van der Waals surface area (Å²) in [7, 11) is 0. The number of hydrogen-bond donors (Lipinski definition) is 2. The Labute approximate surface area is 131 Å². The van der Waals surface area contributed by atoms with Gasteiger partial charge in [0.25, 0.3) is 0 Å². The Morgan fingerprint density at radius 1 is 1.38 bits per heavy atom. The number of carbonyl (C=O) groups is 1. The van der Waals surface area contributed by atoms with Gasteiger partial charge >= 0.3 is 0 Å². The van der Waals surface area contributed by atoms with Crippen molar-refractivity contribution in [3.05, 3.63) is 40.6 Å². The van der Waals surface area contributed by atoms with Gasteiger partial charge in [0.15, 0.2) is 0 Å². The molecule has 3 N–H and O–H groups in total. The standard InChI is InChI=1S/C14H18BrN5O/c15-11-4-3-6-12(8-11)17-14(21)10-20-9-13(18-19-20)5-1-2-7-16/h3-4,6,8-9H,1-2,5,7,10,16H2,(H,17,21). The highest BCUT2D eigenvalue weighted by Crippen LogP contribution is 2.15. The molecule has 0 bridgehead atoms. The number of halogens is 1. The van der Waals surface area contributed by atoms with Crippen LogP contribution in [0.2, 0.25) is 0 Å². The molecule has 0 atom stereocenters. The molecule has 2 aromatic rings. The van der Waals surface area contributed by atoms with Gasteiger partial charge in [0.2, 0.25) is 5.91 Å². The topological polar surface area (TPSA) is 85.8 Å². The third-order valence-corrected chi connectivity index (χ3v) is 3.38. The van der Waals surface area contributed by atoms with E-state index in [0.29, 0.717) is 6.54 Å². The molecule has 112 valence electrons. The molecule has 0 aliphatic heterocycles. The summed E-state index contributed by atoms with van der Waals surface area (Å²) in [5, 5.41) is 10.8. The van der Waals surface area contributed by atoms with E-state index in [2.05, 4.69) is 31.6 Å². The van der Waals surface area contributed by atoms with E-state index >= 15 is 0 Å². The summed E-state index contributed by atoms with van der Waals surface area (Å²) >= 11 is 3.36. The number of nitrogens with two attached hydrogens (primary N) is 1. The third kappa shape index (κ3) is 5.28. The van der Waals surface area contributed by atoms with Crippen LogP contribution in [0.5, 0.6) is 0 Å². The first kappa shape index (κ1) is 15.7. The van der Waals surface area contributed by atoms with Gasteiger partial charge in [-0.05, 0) is 44.0 Å². The van der Waals surface area contributed by atoms with E-state index in [0.717, 1.165) is 35.1 Å². The van der Waals surface area contributed by atoms with Crippen LogP contribution in [0, 0.1) is 0 Å². The number of nitrogens with one attached hydrogen (secondary N) is 1. The van der Waals surface area contributed by atoms with Gasteiger partial charge in [-0.3, -0.25) is 4.79 Å². The van der Waals surface area contributed by atoms with Crippen molar-refractivity contribution in [2.45, 2.75) is 25.8 Å². The average Bonchev–Trinajstić information content (AvgIpc) is 2.86. The van der Waals surface area contributed by atoms with Crippen LogP contribution in [0.15, 0.2) is 34.9 Å². The molecule has 0 aliphatic rings. The summed E-state index contributed by atoms with van der Waals surface area (Å²) in [6, 6.07) is 7.45. The minimum absolute atomic E-state index is 0.133. The molecule has 0 radical (unpaired) electrons. The van der Waals surface area contributed by atoms with Crippen molar-refractivity contribution in [3.63, 3.8) is 0 Å². The number of nitrogens with zero attached hydrogens (tertiary/aromatic N) is 3. The van der Waals surface area contributed by atoms with Crippen molar-refractivity contribution in [2.75, 3.05) is 11.9 Å². The Balaban J connectivity index is 1.85. The molecule has 0 fully saturated rings. The number of benzene rings is 1. The summed E-state index contributed by atoms with van der Waals surface area (Å²) in [5.41, 5.74) is 7.09. The van der Waals surface area contributed by atoms with Crippen molar-refractivity contribution in [1.82, 2.24) is 15.0 Å². The van der Waals surface area contributed by atoms with E-state index in [1.54, 1.807) is 10.9 Å². The van der Waals surface area contributed by atoms with Crippen molar-refractivity contribution in [1.29, 1.82) is 0 Å². The first-order chi connectivity index (χ1) is 10.2. The van der Waals surface area contributed by atoms with Gasteiger partial charge in [-0.15, -0.1) is 5.10 Å². The van der Waals surface area contributed by atoms with E-state index in [1.165, 1.54) is 0 Å². The quantitative estimate of drug-likeness (QED) is 0.746. The summed E-state index contributed by atoms with van der Waals surface area (Å²) in [6.45, 7) is 0.833. The molecule has 1 amide bonds. The fourth-order valence-corrected chi connectivity index (χ4v) is 2.29. The number of aryl methyl sites for hydroxylation is 1. The summed E-state index contributed by atoms with van der Waals surface area (Å²) in [6.07, 6.45) is 4.59. The molecule has 7 heteroatoms. The van der Waals surface area contributed by atoms with Crippen LogP contribution >= 0.6 is 15.9 Å². The minimum Gasteiger partial charge on any atom is -0.330 e. The Hall–Kier alpha value is -1.73. The molecule has 0 unspecified atom stereocenters. The van der Waals surface area contributed by atoms with Gasteiger partial charge in [0.05, 0.1) is 5.69 Å². The third-order valence-electron chi connectivity index (χ3n) is 2.89. The maximum atomic E-state index is 11.9. The number of carbonyl (C=O) groups excluding carboxylic acids is 1. The number of rotatable bonds is 7. The van der Waals surface area contributed by atoms with Crippen LogP contribution in [0.1, 0.15) is 18.5 Å². The van der Waals surface area contributed by atoms with Gasteiger partial charge in [0, 0.05) is 16.4 Å². The lowest BCUT2D eigenvalue weighted by Gasteiger charge is -2.05. The van der Waals surface area contributed by atoms with Gasteiger partial charge < -0.3 is 11.1 Å². The smallest absolute Gasteiger partial charge is 0.246 e. The Bertz CT molecular complexity index is 599. The molecule has 6 nitrogen and oxygen atoms in total. The zero-order valence-electron chi connectivity index (χ0n) is 11.6. The van der Waals surface area contributed by atoms with Gasteiger partial charge in [-0.2, -0.15) is 0 Å². The van der Waals surface area contributed by atoms with E-state index in [1.807, 2.05) is 24.3 Å². The molecule has 1 heterocycles. The number of hydrogen-bond acceptors (Lipinski definition) is 4. The van der Waals surface area contributed by atoms with E-state index in [9.17, 15) is 4.79 Å². The molecule has 0 spiro atoms. The Morgan fingerprint density at radius 2 is 2.24 bits per heavy atom. The monoisotopic (exact) mass is 351 g/mol. The maximum absolute atomic E-state index is 11.9. The Kier molecular flexibility index (Phi) is 5.89. The molecule has 1 aromatic heterocycles. The number of unbranched alkanes of at least 4 members (excludes halogenated alkanes) is 1. The largest absolute Gasteiger partial charge is 0.330 e. The molecule has 2 rings (SSSR count). The Morgan fingerprint density at radius 3 is 3.00 bits per heavy atom. The van der Waals surface area contributed by atoms with E-state index < -0.39 is 0 Å².